The molecule has 0 saturated carbocycles. The van der Waals surface area contributed by atoms with Crippen molar-refractivity contribution >= 4 is 165 Å². The molecule has 0 saturated heterocycles. The average molecular weight is 601 g/mol. The van der Waals surface area contributed by atoms with Gasteiger partial charge in [-0.15, -0.1) is 0 Å². The minimum Gasteiger partial charge on any atom is -1.00 e. The molecule has 0 bridgehead atoms. The molecule has 0 aromatic heterocycles. The Morgan fingerprint density at radius 3 is 1.11 bits per heavy atom. The second kappa shape index (κ2) is 56.9. The van der Waals surface area contributed by atoms with Gasteiger partial charge in [-0.3, -0.25) is 0 Å². The third-order valence-electron chi connectivity index (χ3n) is 0. The van der Waals surface area contributed by atoms with Crippen LogP contribution in [0.5, 0.6) is 0 Å². The quantitative estimate of drug-likeness (QED) is 0.258. The van der Waals surface area contributed by atoms with Crippen LogP contribution >= 0.6 is 9.90 Å². The molecule has 0 nitrogen and oxygen atoms in total. The standard InChI is InChI=1S/Ba.Ca.Cu.Mg.Mo.Ni.H3P.Sr.V.8H/h;;;;;;1H3;;;;;;;;;;/q2*+2;;+2;;;;+2;;8*-1. The summed E-state index contributed by atoms with van der Waals surface area (Å²) in [5.41, 5.74) is 0. The molecule has 0 N–H and O–H groups in total. The van der Waals surface area contributed by atoms with Gasteiger partial charge in [-0.1, -0.05) is 0 Å². The van der Waals surface area contributed by atoms with E-state index in [1.165, 1.54) is 0 Å². The van der Waals surface area contributed by atoms with Crippen LogP contribution in [0.3, 0.4) is 0 Å². The second-order valence-electron chi connectivity index (χ2n) is 0. The first-order valence-electron chi connectivity index (χ1n) is 0. The van der Waals surface area contributed by atoms with Crippen molar-refractivity contribution < 1.29 is 84.6 Å². The third kappa shape index (κ3) is 49.5. The van der Waals surface area contributed by atoms with E-state index in [-0.39, 0.29) is 250 Å². The molecule has 0 amide bonds. The zero-order valence-corrected chi connectivity index (χ0v) is 23.3. The molecule has 0 aliphatic heterocycles. The predicted octanol–water partition coefficient (Wildman–Crippen LogP) is -0.575. The van der Waals surface area contributed by atoms with Crippen molar-refractivity contribution in [3.05, 3.63) is 0 Å². The summed E-state index contributed by atoms with van der Waals surface area (Å²) in [6, 6.07) is 0. The van der Waals surface area contributed by atoms with Crippen molar-refractivity contribution in [1.29, 1.82) is 0 Å². The maximum atomic E-state index is 0. The predicted molar refractivity (Wildman–Crippen MR) is 43.0 cm³/mol. The van der Waals surface area contributed by atoms with Gasteiger partial charge in [0, 0.05) is 73.2 Å². The van der Waals surface area contributed by atoms with Crippen LogP contribution in [0.15, 0.2) is 0 Å². The molecular weight excluding hydrogens is 589 g/mol. The van der Waals surface area contributed by atoms with E-state index < -0.39 is 0 Å². The second-order valence-corrected chi connectivity index (χ2v) is 0. The Labute approximate surface area is 242 Å². The molecule has 0 aliphatic carbocycles. The molecule has 2 radical (unpaired) electrons. The zero-order chi connectivity index (χ0) is 0. The Balaban J connectivity index is 0. The SMILES string of the molecule is P.[Ba+2].[Ca+2].[Cu].[H-].[H-].[H-].[H-].[H-].[H-].[H-].[H-].[Mg+2].[Mo].[Ni].[Sr+2].[V]. The van der Waals surface area contributed by atoms with Gasteiger partial charge in [0.25, 0.3) is 0 Å². The van der Waals surface area contributed by atoms with Crippen LogP contribution in [0.2, 0.25) is 0 Å². The van der Waals surface area contributed by atoms with Crippen LogP contribution in [0.4, 0.5) is 0 Å². The van der Waals surface area contributed by atoms with Crippen molar-refractivity contribution in [2.45, 2.75) is 0 Å². The van der Waals surface area contributed by atoms with Gasteiger partial charge in [-0.25, -0.2) is 0 Å². The molecule has 0 fully saturated rings. The van der Waals surface area contributed by atoms with E-state index in [0.717, 1.165) is 0 Å². The fraction of sp³-hybridized carbons (Fsp3) is 0. The summed E-state index contributed by atoms with van der Waals surface area (Å²) in [7, 11) is 0. The van der Waals surface area contributed by atoms with Crippen LogP contribution in [0.1, 0.15) is 11.4 Å². The van der Waals surface area contributed by atoms with E-state index >= 15 is 0 Å². The fourth-order valence-corrected chi connectivity index (χ4v) is 0. The van der Waals surface area contributed by atoms with Gasteiger partial charge >= 0.3 is 155 Å². The molecule has 9 heteroatoms. The van der Waals surface area contributed by atoms with E-state index in [1.54, 1.807) is 0 Å². The monoisotopic (exact) mass is 602 g/mol. The molecule has 0 aliphatic rings. The Hall–Kier alpha value is 7.79. The zero-order valence-electron chi connectivity index (χ0n) is 13.0. The van der Waals surface area contributed by atoms with Crippen LogP contribution in [0, 0.1) is 0 Å². The van der Waals surface area contributed by atoms with Gasteiger partial charge in [0.15, 0.2) is 0 Å². The van der Waals surface area contributed by atoms with Crippen molar-refractivity contribution in [2.75, 3.05) is 0 Å². The van der Waals surface area contributed by atoms with Crippen LogP contribution in [-0.2, 0) is 73.2 Å². The summed E-state index contributed by atoms with van der Waals surface area (Å²) in [5.74, 6) is 0. The molecule has 0 aromatic carbocycles. The Morgan fingerprint density at radius 2 is 1.11 bits per heavy atom. The summed E-state index contributed by atoms with van der Waals surface area (Å²) < 4.78 is 0. The minimum absolute atomic E-state index is 0. The van der Waals surface area contributed by atoms with Crippen molar-refractivity contribution in [2.24, 2.45) is 0 Å². The van der Waals surface area contributed by atoms with E-state index in [4.69, 9.17) is 0 Å². The largest absolute Gasteiger partial charge is 2.00 e. The van der Waals surface area contributed by atoms with Crippen molar-refractivity contribution in [3.63, 3.8) is 0 Å². The molecule has 1 atom stereocenters. The van der Waals surface area contributed by atoms with Crippen LogP contribution < -0.4 is 0 Å². The van der Waals surface area contributed by atoms with E-state index in [9.17, 15) is 0 Å². The Bertz CT molecular complexity index is 45.5. The molecule has 9 heavy (non-hydrogen) atoms. The average Bonchev–Trinajstić information content (AvgIpc) is 0. The number of hydrogen-bond donors (Lipinski definition) is 0. The third-order valence-corrected chi connectivity index (χ3v) is 0. The van der Waals surface area contributed by atoms with Gasteiger partial charge in [0.1, 0.15) is 0 Å². The summed E-state index contributed by atoms with van der Waals surface area (Å²) >= 11 is 0. The summed E-state index contributed by atoms with van der Waals surface area (Å²) in [4.78, 5) is 0. The molecule has 56 valence electrons. The smallest absolute Gasteiger partial charge is 1.00 e. The molecular formula is H11BaCaCuMgMoNiPSrV. The Kier molecular flexibility index (Phi) is 436. The normalized spacial score (nSPS) is 0. The van der Waals surface area contributed by atoms with Crippen LogP contribution in [-0.4, -0.2) is 155 Å². The van der Waals surface area contributed by atoms with E-state index in [0.29, 0.717) is 0 Å². The summed E-state index contributed by atoms with van der Waals surface area (Å²) in [6.07, 6.45) is 0. The molecule has 0 rings (SSSR count). The first-order chi connectivity index (χ1) is 0. The minimum atomic E-state index is 0. The fourth-order valence-electron chi connectivity index (χ4n) is 0. The first kappa shape index (κ1) is 69.0. The molecule has 0 aromatic rings. The number of rotatable bonds is 0. The summed E-state index contributed by atoms with van der Waals surface area (Å²) in [5, 5.41) is 0. The van der Waals surface area contributed by atoms with Gasteiger partial charge in [-0.05, 0) is 0 Å². The van der Waals surface area contributed by atoms with E-state index in [2.05, 4.69) is 0 Å². The first-order valence-corrected chi connectivity index (χ1v) is 0. The summed E-state index contributed by atoms with van der Waals surface area (Å²) in [6.45, 7) is 0. The van der Waals surface area contributed by atoms with Crippen LogP contribution in [0.25, 0.3) is 0 Å². The Morgan fingerprint density at radius 1 is 1.11 bits per heavy atom. The van der Waals surface area contributed by atoms with Gasteiger partial charge in [0.2, 0.25) is 0 Å². The van der Waals surface area contributed by atoms with Crippen molar-refractivity contribution in [3.8, 4) is 0 Å². The molecule has 0 spiro atoms. The topological polar surface area (TPSA) is 0 Å². The van der Waals surface area contributed by atoms with Gasteiger partial charge in [-0.2, -0.15) is 9.90 Å². The molecule has 0 heterocycles. The maximum absolute atomic E-state index is 0. The maximum Gasteiger partial charge on any atom is 2.00 e. The van der Waals surface area contributed by atoms with E-state index in [1.807, 2.05) is 0 Å². The van der Waals surface area contributed by atoms with Gasteiger partial charge in [0.05, 0.1) is 0 Å². The van der Waals surface area contributed by atoms with Gasteiger partial charge < -0.3 is 11.4 Å². The molecule has 1 unspecified atom stereocenters. The van der Waals surface area contributed by atoms with Crippen molar-refractivity contribution in [1.82, 2.24) is 0 Å². The number of hydrogen-bond acceptors (Lipinski definition) is 0.